The zero-order valence-electron chi connectivity index (χ0n) is 13.2. The number of nitrogens with one attached hydrogen (secondary N) is 1. The summed E-state index contributed by atoms with van der Waals surface area (Å²) in [5.74, 6) is 1.56. The van der Waals surface area contributed by atoms with Gasteiger partial charge < -0.3 is 14.5 Å². The van der Waals surface area contributed by atoms with E-state index in [1.807, 2.05) is 19.1 Å². The highest BCUT2D eigenvalue weighted by molar-refractivity contribution is 5.92. The molecule has 2 aromatic rings. The second-order valence-corrected chi connectivity index (χ2v) is 5.54. The molecule has 0 unspecified atom stereocenters. The van der Waals surface area contributed by atoms with Gasteiger partial charge in [0.25, 0.3) is 5.91 Å². The van der Waals surface area contributed by atoms with Crippen LogP contribution in [0.25, 0.3) is 0 Å². The molecule has 1 saturated heterocycles. The number of aromatic nitrogens is 1. The number of aryl methyl sites for hydroxylation is 1. The van der Waals surface area contributed by atoms with Gasteiger partial charge in [-0.15, -0.1) is 0 Å². The van der Waals surface area contributed by atoms with E-state index in [-0.39, 0.29) is 11.9 Å². The Morgan fingerprint density at radius 2 is 2.13 bits per heavy atom. The Balaban J connectivity index is 1.69. The van der Waals surface area contributed by atoms with E-state index in [1.165, 1.54) is 0 Å². The molecular formula is C17H21N3O3. The van der Waals surface area contributed by atoms with Gasteiger partial charge in [-0.25, -0.2) is 0 Å². The summed E-state index contributed by atoms with van der Waals surface area (Å²) in [4.78, 5) is 18.6. The van der Waals surface area contributed by atoms with Crippen molar-refractivity contribution in [3.8, 4) is 0 Å². The van der Waals surface area contributed by atoms with Crippen molar-refractivity contribution in [2.45, 2.75) is 13.0 Å². The van der Waals surface area contributed by atoms with E-state index in [0.29, 0.717) is 25.5 Å². The van der Waals surface area contributed by atoms with Crippen LogP contribution in [-0.2, 0) is 4.74 Å². The molecule has 2 aromatic heterocycles. The lowest BCUT2D eigenvalue weighted by molar-refractivity contribution is 0.0117. The van der Waals surface area contributed by atoms with Crippen molar-refractivity contribution in [1.29, 1.82) is 0 Å². The average Bonchev–Trinajstić information content (AvgIpc) is 3.03. The SMILES string of the molecule is Cc1ccc([C@H](CNC(=O)c2ccccn2)N2CCOCC2)o1. The van der Waals surface area contributed by atoms with Crippen molar-refractivity contribution in [1.82, 2.24) is 15.2 Å². The van der Waals surface area contributed by atoms with Gasteiger partial charge in [0.1, 0.15) is 17.2 Å². The molecular weight excluding hydrogens is 294 g/mol. The van der Waals surface area contributed by atoms with Crippen LogP contribution in [0, 0.1) is 6.92 Å². The first-order valence-electron chi connectivity index (χ1n) is 7.81. The Morgan fingerprint density at radius 1 is 1.30 bits per heavy atom. The number of carbonyl (C=O) groups excluding carboxylic acids is 1. The monoisotopic (exact) mass is 315 g/mol. The first-order valence-corrected chi connectivity index (χ1v) is 7.81. The molecule has 0 aliphatic carbocycles. The summed E-state index contributed by atoms with van der Waals surface area (Å²) >= 11 is 0. The lowest BCUT2D eigenvalue weighted by atomic mass is 10.1. The number of carbonyl (C=O) groups is 1. The summed E-state index contributed by atoms with van der Waals surface area (Å²) in [6, 6.07) is 9.22. The van der Waals surface area contributed by atoms with Crippen LogP contribution in [0.2, 0.25) is 0 Å². The third kappa shape index (κ3) is 3.97. The van der Waals surface area contributed by atoms with Crippen LogP contribution in [-0.4, -0.2) is 48.6 Å². The number of ether oxygens (including phenoxy) is 1. The minimum Gasteiger partial charge on any atom is -0.465 e. The highest BCUT2D eigenvalue weighted by Gasteiger charge is 2.25. The Morgan fingerprint density at radius 3 is 2.78 bits per heavy atom. The Kier molecular flexibility index (Phi) is 5.05. The molecule has 1 aliphatic rings. The van der Waals surface area contributed by atoms with Gasteiger partial charge in [0.05, 0.1) is 19.3 Å². The lowest BCUT2D eigenvalue weighted by Gasteiger charge is -2.33. The van der Waals surface area contributed by atoms with Gasteiger partial charge >= 0.3 is 0 Å². The molecule has 23 heavy (non-hydrogen) atoms. The van der Waals surface area contributed by atoms with E-state index in [1.54, 1.807) is 24.4 Å². The molecule has 6 nitrogen and oxygen atoms in total. The van der Waals surface area contributed by atoms with Crippen LogP contribution >= 0.6 is 0 Å². The third-order valence-corrected chi connectivity index (χ3v) is 3.93. The molecule has 6 heteroatoms. The first-order chi connectivity index (χ1) is 11.2. The number of amides is 1. The summed E-state index contributed by atoms with van der Waals surface area (Å²) in [6.07, 6.45) is 1.62. The fraction of sp³-hybridized carbons (Fsp3) is 0.412. The normalized spacial score (nSPS) is 16.9. The molecule has 122 valence electrons. The van der Waals surface area contributed by atoms with Crippen molar-refractivity contribution in [2.24, 2.45) is 0 Å². The number of hydrogen-bond acceptors (Lipinski definition) is 5. The molecule has 0 bridgehead atoms. The van der Waals surface area contributed by atoms with E-state index in [4.69, 9.17) is 9.15 Å². The van der Waals surface area contributed by atoms with Crippen molar-refractivity contribution < 1.29 is 13.9 Å². The van der Waals surface area contributed by atoms with E-state index in [0.717, 1.165) is 24.6 Å². The molecule has 0 aromatic carbocycles. The second-order valence-electron chi connectivity index (χ2n) is 5.54. The molecule has 3 rings (SSSR count). The zero-order chi connectivity index (χ0) is 16.1. The summed E-state index contributed by atoms with van der Waals surface area (Å²) in [5, 5.41) is 2.96. The van der Waals surface area contributed by atoms with Crippen LogP contribution in [0.15, 0.2) is 40.9 Å². The highest BCUT2D eigenvalue weighted by Crippen LogP contribution is 2.23. The first kappa shape index (κ1) is 15.7. The average molecular weight is 315 g/mol. The van der Waals surface area contributed by atoms with Gasteiger partial charge in [0.15, 0.2) is 0 Å². The molecule has 3 heterocycles. The van der Waals surface area contributed by atoms with Crippen LogP contribution in [0.5, 0.6) is 0 Å². The van der Waals surface area contributed by atoms with Gasteiger partial charge in [-0.2, -0.15) is 0 Å². The van der Waals surface area contributed by atoms with Gasteiger partial charge in [-0.1, -0.05) is 6.07 Å². The van der Waals surface area contributed by atoms with Gasteiger partial charge in [0.2, 0.25) is 0 Å². The molecule has 1 aliphatic heterocycles. The maximum absolute atomic E-state index is 12.2. The maximum Gasteiger partial charge on any atom is 0.269 e. The standard InChI is InChI=1S/C17H21N3O3/c1-13-5-6-16(23-13)15(20-8-10-22-11-9-20)12-19-17(21)14-4-2-3-7-18-14/h2-7,15H,8-12H2,1H3,(H,19,21)/t15-/m0/s1. The number of pyridine rings is 1. The highest BCUT2D eigenvalue weighted by atomic mass is 16.5. The van der Waals surface area contributed by atoms with E-state index >= 15 is 0 Å². The van der Waals surface area contributed by atoms with E-state index in [2.05, 4.69) is 15.2 Å². The summed E-state index contributed by atoms with van der Waals surface area (Å²) < 4.78 is 11.2. The maximum atomic E-state index is 12.2. The van der Waals surface area contributed by atoms with E-state index in [9.17, 15) is 4.79 Å². The molecule has 0 radical (unpaired) electrons. The van der Waals surface area contributed by atoms with Crippen LogP contribution < -0.4 is 5.32 Å². The van der Waals surface area contributed by atoms with Crippen molar-refractivity contribution in [2.75, 3.05) is 32.8 Å². The molecule has 1 fully saturated rings. The second kappa shape index (κ2) is 7.39. The number of furan rings is 1. The molecule has 0 saturated carbocycles. The molecule has 1 N–H and O–H groups in total. The number of hydrogen-bond donors (Lipinski definition) is 1. The zero-order valence-corrected chi connectivity index (χ0v) is 13.2. The summed E-state index contributed by atoms with van der Waals surface area (Å²) in [5.41, 5.74) is 0.420. The van der Waals surface area contributed by atoms with Crippen LogP contribution in [0.3, 0.4) is 0 Å². The fourth-order valence-corrected chi connectivity index (χ4v) is 2.71. The van der Waals surface area contributed by atoms with Gasteiger partial charge in [-0.3, -0.25) is 14.7 Å². The third-order valence-electron chi connectivity index (χ3n) is 3.93. The molecule has 0 spiro atoms. The predicted octanol–water partition coefficient (Wildman–Crippen LogP) is 1.79. The lowest BCUT2D eigenvalue weighted by Crippen LogP contribution is -2.43. The summed E-state index contributed by atoms with van der Waals surface area (Å²) in [6.45, 7) is 5.44. The van der Waals surface area contributed by atoms with Crippen molar-refractivity contribution in [3.63, 3.8) is 0 Å². The smallest absolute Gasteiger partial charge is 0.269 e. The van der Waals surface area contributed by atoms with Crippen LogP contribution in [0.4, 0.5) is 0 Å². The Hall–Kier alpha value is -2.18. The molecule has 1 atom stereocenters. The fourth-order valence-electron chi connectivity index (χ4n) is 2.71. The van der Waals surface area contributed by atoms with E-state index < -0.39 is 0 Å². The van der Waals surface area contributed by atoms with Gasteiger partial charge in [-0.05, 0) is 31.2 Å². The Labute approximate surface area is 135 Å². The summed E-state index contributed by atoms with van der Waals surface area (Å²) in [7, 11) is 0. The Bertz CT molecular complexity index is 636. The number of rotatable bonds is 5. The number of morpholine rings is 1. The minimum atomic E-state index is -0.174. The van der Waals surface area contributed by atoms with Crippen molar-refractivity contribution >= 4 is 5.91 Å². The predicted molar refractivity (Wildman–Crippen MR) is 85.1 cm³/mol. The van der Waals surface area contributed by atoms with Gasteiger partial charge in [0, 0.05) is 25.8 Å². The van der Waals surface area contributed by atoms with Crippen molar-refractivity contribution in [3.05, 3.63) is 53.7 Å². The largest absolute Gasteiger partial charge is 0.465 e. The molecule has 1 amide bonds. The van der Waals surface area contributed by atoms with Crippen LogP contribution in [0.1, 0.15) is 28.1 Å². The number of nitrogens with zero attached hydrogens (tertiary/aromatic N) is 2. The quantitative estimate of drug-likeness (QED) is 0.911. The topological polar surface area (TPSA) is 67.6 Å². The minimum absolute atomic E-state index is 0.000243.